The molecule has 1 heterocycles. The van der Waals surface area contributed by atoms with Crippen molar-refractivity contribution >= 4 is 52.6 Å². The molecule has 10 nitrogen and oxygen atoms in total. The minimum absolute atomic E-state index is 0.104. The predicted molar refractivity (Wildman–Crippen MR) is 94.7 cm³/mol. The van der Waals surface area contributed by atoms with Crippen molar-refractivity contribution in [2.75, 3.05) is 32.7 Å². The van der Waals surface area contributed by atoms with E-state index in [1.54, 1.807) is 13.8 Å². The van der Waals surface area contributed by atoms with Gasteiger partial charge in [0.05, 0.1) is 20.3 Å². The van der Waals surface area contributed by atoms with Gasteiger partial charge in [0.25, 0.3) is 0 Å². The zero-order valence-corrected chi connectivity index (χ0v) is 16.3. The Balaban J connectivity index is 3.01. The minimum Gasteiger partial charge on any atom is -0.466 e. The molecule has 0 spiro atoms. The Labute approximate surface area is 153 Å². The molecule has 1 aromatic rings. The van der Waals surface area contributed by atoms with E-state index in [2.05, 4.69) is 14.9 Å². The molecule has 0 aliphatic rings. The second-order valence-corrected chi connectivity index (χ2v) is 7.85. The van der Waals surface area contributed by atoms with Crippen molar-refractivity contribution in [3.05, 3.63) is 11.1 Å². The van der Waals surface area contributed by atoms with E-state index in [0.29, 0.717) is 0 Å². The highest BCUT2D eigenvalue weighted by Crippen LogP contribution is 2.50. The van der Waals surface area contributed by atoms with E-state index in [9.17, 15) is 9.59 Å². The van der Waals surface area contributed by atoms with Crippen LogP contribution in [0.4, 0.5) is 5.13 Å². The summed E-state index contributed by atoms with van der Waals surface area (Å²) < 4.78 is 20.1. The molecule has 2 N–H and O–H groups in total. The molecule has 0 unspecified atom stereocenters. The largest absolute Gasteiger partial charge is 0.466 e. The third-order valence-corrected chi connectivity index (χ3v) is 5.36. The van der Waals surface area contributed by atoms with Crippen LogP contribution in [0.5, 0.6) is 0 Å². The van der Waals surface area contributed by atoms with Crippen LogP contribution >= 0.6 is 18.1 Å². The van der Waals surface area contributed by atoms with E-state index in [-0.39, 0.29) is 29.8 Å². The molecule has 0 amide bonds. The molecule has 0 aliphatic carbocycles. The molecule has 0 aromatic carbocycles. The van der Waals surface area contributed by atoms with Crippen molar-refractivity contribution in [1.82, 2.24) is 4.98 Å². The first-order chi connectivity index (χ1) is 11.8. The van der Waals surface area contributed by atoms with Gasteiger partial charge in [-0.1, -0.05) is 5.16 Å². The summed E-state index contributed by atoms with van der Waals surface area (Å²) in [4.78, 5) is 32.3. The second-order valence-electron chi connectivity index (χ2n) is 4.02. The van der Waals surface area contributed by atoms with Gasteiger partial charge in [0.1, 0.15) is 5.69 Å². The fourth-order valence-electron chi connectivity index (χ4n) is 1.34. The maximum atomic E-state index is 12.4. The van der Waals surface area contributed by atoms with Crippen LogP contribution in [0.25, 0.3) is 0 Å². The van der Waals surface area contributed by atoms with Gasteiger partial charge in [0, 0.05) is 17.2 Å². The maximum Gasteiger partial charge on any atom is 0.383 e. The van der Waals surface area contributed by atoms with Gasteiger partial charge in [-0.05, 0) is 13.8 Å². The number of hydrogen-bond donors (Lipinski definition) is 1. The zero-order valence-electron chi connectivity index (χ0n) is 13.8. The molecule has 1 rings (SSSR count). The number of carbonyl (C=O) groups is 2. The van der Waals surface area contributed by atoms with Crippen molar-refractivity contribution in [3.8, 4) is 0 Å². The number of carbonyl (C=O) groups excluding carboxylic acids is 2. The second kappa shape index (κ2) is 10.4. The average Bonchev–Trinajstić information content (AvgIpc) is 2.97. The molecule has 0 aliphatic heterocycles. The Morgan fingerprint density at radius 2 is 2.00 bits per heavy atom. The number of nitrogens with zero attached hydrogens (tertiary/aromatic N) is 2. The van der Waals surface area contributed by atoms with Gasteiger partial charge >= 0.3 is 18.7 Å². The summed E-state index contributed by atoms with van der Waals surface area (Å²) in [5, 5.41) is 5.27. The Morgan fingerprint density at radius 3 is 2.48 bits per heavy atom. The normalized spacial score (nSPS) is 11.9. The molecular formula is C12H18N3O7PS2. The lowest BCUT2D eigenvalue weighted by atomic mass is 10.3. The van der Waals surface area contributed by atoms with Gasteiger partial charge in [-0.25, -0.2) is 14.6 Å². The van der Waals surface area contributed by atoms with Crippen LogP contribution in [-0.2, 0) is 44.5 Å². The van der Waals surface area contributed by atoms with E-state index in [1.807, 2.05) is 0 Å². The van der Waals surface area contributed by atoms with Crippen LogP contribution in [-0.4, -0.2) is 49.6 Å². The molecule has 1 aromatic heterocycles. The summed E-state index contributed by atoms with van der Waals surface area (Å²) in [6, 6.07) is 0. The van der Waals surface area contributed by atoms with Crippen LogP contribution in [0.2, 0.25) is 0 Å². The van der Waals surface area contributed by atoms with Crippen LogP contribution in [0.3, 0.4) is 0 Å². The van der Waals surface area contributed by atoms with Crippen molar-refractivity contribution in [3.63, 3.8) is 0 Å². The van der Waals surface area contributed by atoms with E-state index in [1.165, 1.54) is 12.5 Å². The Kier molecular flexibility index (Phi) is 8.93. The van der Waals surface area contributed by atoms with Gasteiger partial charge in [-0.15, -0.1) is 11.3 Å². The Morgan fingerprint density at radius 1 is 1.36 bits per heavy atom. The molecular weight excluding hydrogens is 393 g/mol. The first-order valence-electron chi connectivity index (χ1n) is 6.96. The van der Waals surface area contributed by atoms with Crippen molar-refractivity contribution in [1.29, 1.82) is 0 Å². The number of aromatic nitrogens is 1. The Hall–Kier alpha value is -1.59. The number of methoxy groups -OCH3 is 1. The molecule has 0 saturated heterocycles. The molecule has 0 saturated carbocycles. The quantitative estimate of drug-likeness (QED) is 0.261. The molecule has 0 radical (unpaired) electrons. The van der Waals surface area contributed by atoms with E-state index < -0.39 is 25.3 Å². The number of esters is 1. The number of oxime groups is 1. The number of thiazole rings is 1. The lowest BCUT2D eigenvalue weighted by molar-refractivity contribution is -0.146. The van der Waals surface area contributed by atoms with Crippen LogP contribution < -0.4 is 5.73 Å². The summed E-state index contributed by atoms with van der Waals surface area (Å²) in [6.45, 7) is -0.0458. The van der Waals surface area contributed by atoms with Gasteiger partial charge in [-0.2, -0.15) is 0 Å². The minimum atomic E-state index is -3.30. The number of hydrogen-bond acceptors (Lipinski definition) is 12. The van der Waals surface area contributed by atoms with Crippen LogP contribution in [0.1, 0.15) is 19.5 Å². The van der Waals surface area contributed by atoms with E-state index >= 15 is 0 Å². The van der Waals surface area contributed by atoms with Gasteiger partial charge in [0.2, 0.25) is 12.3 Å². The van der Waals surface area contributed by atoms with Crippen molar-refractivity contribution < 1.29 is 32.7 Å². The number of ether oxygens (including phenoxy) is 1. The summed E-state index contributed by atoms with van der Waals surface area (Å²) in [7, 11) is 1.19. The lowest BCUT2D eigenvalue weighted by Crippen LogP contribution is -2.21. The molecule has 0 fully saturated rings. The lowest BCUT2D eigenvalue weighted by Gasteiger charge is -2.19. The zero-order chi connectivity index (χ0) is 18.9. The number of nitrogens with two attached hydrogens (primary N) is 1. The fraction of sp³-hybridized carbons (Fsp3) is 0.500. The fourth-order valence-corrected chi connectivity index (χ4v) is 3.83. The highest BCUT2D eigenvalue weighted by atomic mass is 32.5. The number of anilines is 1. The SMILES string of the molecule is CCOP(=S)(OCC)OC(=O)/C(=N\OCC(=O)OC)c1csc(N)n1. The molecule has 0 bridgehead atoms. The number of nitrogen functional groups attached to an aromatic ring is 1. The molecule has 0 atom stereocenters. The highest BCUT2D eigenvalue weighted by molar-refractivity contribution is 8.07. The van der Waals surface area contributed by atoms with Gasteiger partial charge < -0.3 is 19.8 Å². The highest BCUT2D eigenvalue weighted by Gasteiger charge is 2.30. The smallest absolute Gasteiger partial charge is 0.383 e. The van der Waals surface area contributed by atoms with Crippen molar-refractivity contribution in [2.45, 2.75) is 13.8 Å². The first-order valence-corrected chi connectivity index (χ1v) is 10.4. The third-order valence-electron chi connectivity index (χ3n) is 2.29. The van der Waals surface area contributed by atoms with Gasteiger partial charge in [-0.3, -0.25) is 9.05 Å². The predicted octanol–water partition coefficient (Wildman–Crippen LogP) is 1.46. The topological polar surface area (TPSA) is 132 Å². The standard InChI is InChI=1S/C12H18N3O7PS2/c1-4-20-23(24,21-5-2)22-11(17)10(8-7-25-12(13)14-8)15-19-6-9(16)18-3/h7H,4-6H2,1-3H3,(H2,13,14)/b15-10-. The summed E-state index contributed by atoms with van der Waals surface area (Å²) >= 11 is 6.22. The monoisotopic (exact) mass is 411 g/mol. The van der Waals surface area contributed by atoms with Crippen LogP contribution in [0.15, 0.2) is 10.5 Å². The van der Waals surface area contributed by atoms with E-state index in [4.69, 9.17) is 35.9 Å². The first kappa shape index (κ1) is 21.5. The van der Waals surface area contributed by atoms with E-state index in [0.717, 1.165) is 11.3 Å². The Bertz CT molecular complexity index is 669. The molecule has 140 valence electrons. The van der Waals surface area contributed by atoms with Crippen molar-refractivity contribution in [2.24, 2.45) is 5.16 Å². The summed E-state index contributed by atoms with van der Waals surface area (Å²) in [6.07, 6.45) is 0. The molecule has 25 heavy (non-hydrogen) atoms. The number of rotatable bonds is 10. The average molecular weight is 411 g/mol. The summed E-state index contributed by atoms with van der Waals surface area (Å²) in [5.74, 6) is -1.65. The van der Waals surface area contributed by atoms with Crippen LogP contribution in [0, 0.1) is 0 Å². The summed E-state index contributed by atoms with van der Waals surface area (Å²) in [5.41, 5.74) is 5.34. The third kappa shape index (κ3) is 7.04. The molecule has 13 heteroatoms. The van der Waals surface area contributed by atoms with Gasteiger partial charge in [0.15, 0.2) is 5.13 Å². The maximum absolute atomic E-state index is 12.4.